The van der Waals surface area contributed by atoms with Crippen molar-refractivity contribution < 1.29 is 23.8 Å². The molecule has 1 aliphatic rings. The van der Waals surface area contributed by atoms with Gasteiger partial charge in [0, 0.05) is 19.0 Å². The van der Waals surface area contributed by atoms with E-state index in [1.165, 1.54) is 32.6 Å². The molecule has 0 radical (unpaired) electrons. The molecule has 2 amide bonds. The zero-order valence-corrected chi connectivity index (χ0v) is 25.3. The average molecular weight is 568 g/mol. The number of methoxy groups -OCH3 is 3. The molecule has 41 heavy (non-hydrogen) atoms. The maximum absolute atomic E-state index is 13.5. The van der Waals surface area contributed by atoms with E-state index in [0.717, 1.165) is 29.5 Å². The Morgan fingerprint density at radius 1 is 0.976 bits per heavy atom. The first-order valence-electron chi connectivity index (χ1n) is 14.6. The van der Waals surface area contributed by atoms with E-state index in [1.54, 1.807) is 40.4 Å². The number of nitrogens with one attached hydrogen (secondary N) is 3. The highest BCUT2D eigenvalue weighted by atomic mass is 16.5. The molecule has 9 nitrogen and oxygen atoms in total. The summed E-state index contributed by atoms with van der Waals surface area (Å²) in [6.45, 7) is 6.00. The molecule has 3 rings (SSSR count). The number of hydrogen-bond acceptors (Lipinski definition) is 7. The third-order valence-electron chi connectivity index (χ3n) is 7.51. The van der Waals surface area contributed by atoms with E-state index in [4.69, 9.17) is 14.2 Å². The van der Waals surface area contributed by atoms with Gasteiger partial charge in [0.25, 0.3) is 0 Å². The van der Waals surface area contributed by atoms with Gasteiger partial charge in [-0.1, -0.05) is 45.1 Å². The topological polar surface area (TPSA) is 115 Å². The van der Waals surface area contributed by atoms with Crippen LogP contribution in [-0.2, 0) is 16.0 Å². The van der Waals surface area contributed by atoms with Crippen molar-refractivity contribution in [3.05, 3.63) is 45.6 Å². The second-order valence-electron chi connectivity index (χ2n) is 10.5. The molecular formula is C32H45N3O6. The van der Waals surface area contributed by atoms with Crippen molar-refractivity contribution in [2.24, 2.45) is 0 Å². The lowest BCUT2D eigenvalue weighted by molar-refractivity contribution is -0.121. The number of aryl methyl sites for hydroxylation is 1. The largest absolute Gasteiger partial charge is 0.493 e. The number of hydrogen-bond donors (Lipinski definition) is 3. The van der Waals surface area contributed by atoms with Gasteiger partial charge in [0.15, 0.2) is 11.5 Å². The second kappa shape index (κ2) is 15.3. The third-order valence-corrected chi connectivity index (χ3v) is 7.51. The molecule has 2 atom stereocenters. The van der Waals surface area contributed by atoms with Crippen LogP contribution in [0.4, 0.5) is 5.69 Å². The fourth-order valence-corrected chi connectivity index (χ4v) is 5.40. The minimum Gasteiger partial charge on any atom is -0.493 e. The fraction of sp³-hybridized carbons (Fsp3) is 0.531. The Kier molecular flexibility index (Phi) is 11.9. The predicted molar refractivity (Wildman–Crippen MR) is 162 cm³/mol. The van der Waals surface area contributed by atoms with Gasteiger partial charge in [0.05, 0.1) is 33.1 Å². The minimum absolute atomic E-state index is 0.161. The lowest BCUT2D eigenvalue weighted by Crippen LogP contribution is -2.38. The van der Waals surface area contributed by atoms with Gasteiger partial charge >= 0.3 is 0 Å². The Morgan fingerprint density at radius 2 is 1.68 bits per heavy atom. The summed E-state index contributed by atoms with van der Waals surface area (Å²) in [6.07, 6.45) is 8.06. The van der Waals surface area contributed by atoms with E-state index >= 15 is 0 Å². The number of fused-ring (bicyclic) bond motifs is 3. The van der Waals surface area contributed by atoms with Crippen molar-refractivity contribution in [1.29, 1.82) is 0 Å². The molecule has 0 aliphatic heterocycles. The zero-order valence-electron chi connectivity index (χ0n) is 25.3. The number of unbranched alkanes of at least 4 members (excludes halogenated alkanes) is 5. The molecule has 0 unspecified atom stereocenters. The van der Waals surface area contributed by atoms with Crippen LogP contribution in [0.3, 0.4) is 0 Å². The van der Waals surface area contributed by atoms with Crippen LogP contribution in [-0.4, -0.2) is 45.7 Å². The van der Waals surface area contributed by atoms with E-state index in [9.17, 15) is 14.4 Å². The monoisotopic (exact) mass is 567 g/mol. The van der Waals surface area contributed by atoms with Crippen LogP contribution in [0.1, 0.15) is 82.9 Å². The number of ether oxygens (including phenoxy) is 3. The quantitative estimate of drug-likeness (QED) is 0.271. The Hall–Kier alpha value is -3.75. The summed E-state index contributed by atoms with van der Waals surface area (Å²) in [4.78, 5) is 38.4. The van der Waals surface area contributed by atoms with Crippen molar-refractivity contribution in [3.63, 3.8) is 0 Å². The van der Waals surface area contributed by atoms with Crippen LogP contribution in [0.5, 0.6) is 17.2 Å². The standard InChI is InChI=1S/C32H45N3O6/c1-7-8-9-10-11-12-17-33-32(38)20(2)34-26-16-14-23-24(19-27(26)37)25(35-21(3)36)15-13-22-18-28(39-4)30(40-5)31(41-6)29(22)23/h14,16,18-20,25H,7-13,15,17H2,1-6H3,(H,33,38)(H,34,37)(H,35,36)/t20-,25-/m1/s1. The molecule has 3 N–H and O–H groups in total. The van der Waals surface area contributed by atoms with Crippen molar-refractivity contribution in [2.75, 3.05) is 33.2 Å². The number of amides is 2. The summed E-state index contributed by atoms with van der Waals surface area (Å²) in [6, 6.07) is 5.98. The number of benzene rings is 1. The van der Waals surface area contributed by atoms with Gasteiger partial charge in [-0.15, -0.1) is 0 Å². The van der Waals surface area contributed by atoms with E-state index in [1.807, 2.05) is 12.1 Å². The van der Waals surface area contributed by atoms with E-state index in [2.05, 4.69) is 22.9 Å². The van der Waals surface area contributed by atoms with E-state index in [0.29, 0.717) is 47.9 Å². The lowest BCUT2D eigenvalue weighted by atomic mass is 9.95. The van der Waals surface area contributed by atoms with Gasteiger partial charge in [0.1, 0.15) is 6.04 Å². The Labute approximate surface area is 243 Å². The molecule has 0 spiro atoms. The van der Waals surface area contributed by atoms with Crippen LogP contribution in [0.15, 0.2) is 29.1 Å². The number of rotatable bonds is 14. The highest BCUT2D eigenvalue weighted by molar-refractivity contribution is 5.85. The molecular weight excluding hydrogens is 522 g/mol. The van der Waals surface area contributed by atoms with Crippen molar-refractivity contribution in [3.8, 4) is 28.4 Å². The molecule has 9 heteroatoms. The summed E-state index contributed by atoms with van der Waals surface area (Å²) in [5.41, 5.74) is 3.15. The first kappa shape index (κ1) is 31.8. The van der Waals surface area contributed by atoms with Crippen molar-refractivity contribution in [2.45, 2.75) is 84.2 Å². The van der Waals surface area contributed by atoms with Crippen LogP contribution < -0.4 is 35.6 Å². The summed E-state index contributed by atoms with van der Waals surface area (Å²) >= 11 is 0. The van der Waals surface area contributed by atoms with Gasteiger partial charge in [-0.05, 0) is 61.1 Å². The normalized spacial score (nSPS) is 14.5. The van der Waals surface area contributed by atoms with Crippen LogP contribution in [0, 0.1) is 0 Å². The molecule has 0 aromatic heterocycles. The summed E-state index contributed by atoms with van der Waals surface area (Å²) in [5, 5.41) is 9.08. The molecule has 0 fully saturated rings. The molecule has 0 heterocycles. The van der Waals surface area contributed by atoms with Crippen LogP contribution in [0.2, 0.25) is 0 Å². The molecule has 2 aromatic rings. The molecule has 1 aliphatic carbocycles. The van der Waals surface area contributed by atoms with Gasteiger partial charge in [-0.3, -0.25) is 14.4 Å². The number of carbonyl (C=O) groups is 2. The number of anilines is 1. The average Bonchev–Trinajstić information content (AvgIpc) is 3.19. The second-order valence-corrected chi connectivity index (χ2v) is 10.5. The molecule has 0 saturated heterocycles. The highest BCUT2D eigenvalue weighted by Crippen LogP contribution is 2.50. The first-order valence-corrected chi connectivity index (χ1v) is 14.6. The maximum atomic E-state index is 13.5. The third kappa shape index (κ3) is 7.93. The SMILES string of the molecule is CCCCCCCCNC(=O)[C@@H](C)Nc1ccc2c(cc1=O)[C@H](NC(C)=O)CCc1cc(OC)c(OC)c(OC)c1-2. The minimum atomic E-state index is -0.609. The van der Waals surface area contributed by atoms with E-state index < -0.39 is 12.1 Å². The summed E-state index contributed by atoms with van der Waals surface area (Å²) in [5.74, 6) is 1.12. The summed E-state index contributed by atoms with van der Waals surface area (Å²) in [7, 11) is 4.68. The molecule has 0 bridgehead atoms. The van der Waals surface area contributed by atoms with Crippen LogP contribution >= 0.6 is 0 Å². The van der Waals surface area contributed by atoms with Gasteiger partial charge in [-0.2, -0.15) is 0 Å². The van der Waals surface area contributed by atoms with Crippen molar-refractivity contribution >= 4 is 17.5 Å². The Bertz CT molecular complexity index is 1280. The van der Waals surface area contributed by atoms with Gasteiger partial charge < -0.3 is 30.2 Å². The fourth-order valence-electron chi connectivity index (χ4n) is 5.40. The maximum Gasteiger partial charge on any atom is 0.242 e. The number of carbonyl (C=O) groups excluding carboxylic acids is 2. The zero-order chi connectivity index (χ0) is 29.9. The molecule has 2 aromatic carbocycles. The molecule has 224 valence electrons. The summed E-state index contributed by atoms with van der Waals surface area (Å²) < 4.78 is 17.0. The Morgan fingerprint density at radius 3 is 2.34 bits per heavy atom. The highest BCUT2D eigenvalue weighted by Gasteiger charge is 2.29. The van der Waals surface area contributed by atoms with Crippen LogP contribution in [0.25, 0.3) is 11.1 Å². The Balaban J connectivity index is 1.96. The van der Waals surface area contributed by atoms with E-state index in [-0.39, 0.29) is 17.2 Å². The van der Waals surface area contributed by atoms with Gasteiger partial charge in [-0.25, -0.2) is 0 Å². The molecule has 0 saturated carbocycles. The predicted octanol–water partition coefficient (Wildman–Crippen LogP) is 5.14. The smallest absolute Gasteiger partial charge is 0.242 e. The lowest BCUT2D eigenvalue weighted by Gasteiger charge is -2.19. The van der Waals surface area contributed by atoms with Gasteiger partial charge in [0.2, 0.25) is 23.0 Å². The van der Waals surface area contributed by atoms with Crippen molar-refractivity contribution in [1.82, 2.24) is 10.6 Å². The first-order chi connectivity index (χ1) is 19.7.